The molecule has 19 heteroatoms. The van der Waals surface area contributed by atoms with E-state index in [1.807, 2.05) is 29.7 Å². The summed E-state index contributed by atoms with van der Waals surface area (Å²) in [6.07, 6.45) is 31.2. The molecule has 7 rings (SSSR count). The van der Waals surface area contributed by atoms with Crippen LogP contribution in [0, 0.1) is 5.41 Å². The van der Waals surface area contributed by atoms with Gasteiger partial charge in [-0.1, -0.05) is 126 Å². The first-order valence-electron chi connectivity index (χ1n) is 27.6. The Labute approximate surface area is 482 Å². The van der Waals surface area contributed by atoms with Crippen LogP contribution in [-0.4, -0.2) is 65.8 Å². The van der Waals surface area contributed by atoms with Crippen LogP contribution in [0.25, 0.3) is 12.2 Å². The molecule has 3 aromatic carbocycles. The summed E-state index contributed by atoms with van der Waals surface area (Å²) in [5, 5.41) is 19.3. The number of imide groups is 2. The zero-order chi connectivity index (χ0) is 59.6. The molecule has 2 aliphatic heterocycles. The molecule has 2 saturated heterocycles. The minimum Gasteiger partial charge on any atom is -0.508 e. The van der Waals surface area contributed by atoms with Gasteiger partial charge in [0.2, 0.25) is 5.91 Å². The van der Waals surface area contributed by atoms with Crippen molar-refractivity contribution in [3.63, 3.8) is 0 Å². The molecule has 4 aliphatic rings. The van der Waals surface area contributed by atoms with Crippen LogP contribution < -0.4 is 35.5 Å². The van der Waals surface area contributed by atoms with Gasteiger partial charge in [-0.3, -0.25) is 34.8 Å². The third kappa shape index (κ3) is 23.1. The molecule has 0 atom stereocenters. The zero-order valence-corrected chi connectivity index (χ0v) is 48.2. The maximum Gasteiger partial charge on any atom is 0.387 e. The molecule has 0 unspecified atom stereocenters. The number of unbranched alkanes of at least 4 members (excludes halogenated alkanes) is 6. The number of phenolic OH excluding ortho intramolecular Hbond substituents is 1. The summed E-state index contributed by atoms with van der Waals surface area (Å²) in [5.41, 5.74) is 6.62. The van der Waals surface area contributed by atoms with Crippen LogP contribution in [0.2, 0.25) is 0 Å². The van der Waals surface area contributed by atoms with Crippen molar-refractivity contribution < 1.29 is 60.9 Å². The molecule has 3 aromatic rings. The first kappa shape index (κ1) is 65.1. The number of urea groups is 1. The van der Waals surface area contributed by atoms with E-state index in [2.05, 4.69) is 77.9 Å². The van der Waals surface area contributed by atoms with Gasteiger partial charge in [-0.05, 0) is 154 Å². The summed E-state index contributed by atoms with van der Waals surface area (Å²) in [7, 11) is 0. The molecule has 2 heterocycles. The van der Waals surface area contributed by atoms with Crippen molar-refractivity contribution in [2.45, 2.75) is 151 Å². The molecule has 0 radical (unpaired) electrons. The molecule has 0 bridgehead atoms. The smallest absolute Gasteiger partial charge is 0.387 e. The Kier molecular flexibility index (Phi) is 26.5. The van der Waals surface area contributed by atoms with Gasteiger partial charge in [0.05, 0.1) is 17.6 Å². The second kappa shape index (κ2) is 33.3. The fraction of sp³-hybridized carbons (Fsp3) is 0.397. The Balaban J connectivity index is 0.000000226. The highest BCUT2D eigenvalue weighted by Crippen LogP contribution is 2.41. The number of aromatic hydroxyl groups is 1. The topological polar surface area (TPSA) is 194 Å². The van der Waals surface area contributed by atoms with Gasteiger partial charge < -0.3 is 30.0 Å². The lowest BCUT2D eigenvalue weighted by Gasteiger charge is -2.32. The van der Waals surface area contributed by atoms with Crippen LogP contribution in [0.5, 0.6) is 23.0 Å². The number of halogens is 4. The summed E-state index contributed by atoms with van der Waals surface area (Å²) < 4.78 is 64.2. The molecule has 1 saturated carbocycles. The van der Waals surface area contributed by atoms with Gasteiger partial charge in [0.15, 0.2) is 5.17 Å². The van der Waals surface area contributed by atoms with E-state index in [1.54, 1.807) is 54.6 Å². The van der Waals surface area contributed by atoms with Crippen molar-refractivity contribution in [3.05, 3.63) is 147 Å². The number of rotatable bonds is 22. The average molecular weight is 1150 g/mol. The van der Waals surface area contributed by atoms with Crippen LogP contribution in [0.15, 0.2) is 141 Å². The van der Waals surface area contributed by atoms with E-state index in [4.69, 9.17) is 4.74 Å². The van der Waals surface area contributed by atoms with Crippen molar-refractivity contribution >= 4 is 64.4 Å². The van der Waals surface area contributed by atoms with Gasteiger partial charge in [0.25, 0.3) is 17.7 Å². The number of alkyl halides is 4. The number of carbonyl (C=O) groups excluding carboxylic acids is 5. The molecular weight excluding hydrogens is 1080 g/mol. The molecule has 82 heavy (non-hydrogen) atoms. The minimum absolute atomic E-state index is 0.0960. The third-order valence-electron chi connectivity index (χ3n) is 13.4. The Morgan fingerprint density at radius 3 is 2.09 bits per heavy atom. The van der Waals surface area contributed by atoms with Crippen molar-refractivity contribution in [2.75, 3.05) is 11.9 Å². The number of benzene rings is 3. The van der Waals surface area contributed by atoms with Crippen LogP contribution in [0.1, 0.15) is 143 Å². The molecule has 440 valence electrons. The number of phenols is 1. The lowest BCUT2D eigenvalue weighted by atomic mass is 9.72. The molecular formula is C63H75F4N5O9S. The Morgan fingerprint density at radius 2 is 1.44 bits per heavy atom. The van der Waals surface area contributed by atoms with Gasteiger partial charge in [-0.25, -0.2) is 4.79 Å². The number of anilines is 1. The summed E-state index contributed by atoms with van der Waals surface area (Å²) in [6.45, 7) is 7.52. The number of allylic oxidation sites excluding steroid dienone is 9. The quantitative estimate of drug-likeness (QED) is 0.0161. The maximum absolute atomic E-state index is 12.6. The Hall–Kier alpha value is -7.67. The van der Waals surface area contributed by atoms with Gasteiger partial charge in [0, 0.05) is 23.4 Å². The highest BCUT2D eigenvalue weighted by atomic mass is 32.2. The van der Waals surface area contributed by atoms with Gasteiger partial charge in [0.1, 0.15) is 28.6 Å². The summed E-state index contributed by atoms with van der Waals surface area (Å²) in [4.78, 5) is 63.3. The lowest BCUT2D eigenvalue weighted by Crippen LogP contribution is -2.51. The van der Waals surface area contributed by atoms with Crippen LogP contribution >= 0.6 is 11.8 Å². The second-order valence-electron chi connectivity index (χ2n) is 20.7. The van der Waals surface area contributed by atoms with Gasteiger partial charge in [-0.2, -0.15) is 17.6 Å². The third-order valence-corrected chi connectivity index (χ3v) is 14.3. The van der Waals surface area contributed by atoms with Crippen molar-refractivity contribution in [3.8, 4) is 23.0 Å². The summed E-state index contributed by atoms with van der Waals surface area (Å²) in [5.74, 6) is -1.76. The highest BCUT2D eigenvalue weighted by molar-refractivity contribution is 8.18. The normalized spacial score (nSPS) is 17.7. The van der Waals surface area contributed by atoms with E-state index in [0.29, 0.717) is 23.0 Å². The number of nitrogens with zero attached hydrogens (tertiary/aromatic N) is 1. The number of hydrogen-bond donors (Lipinski definition) is 5. The second-order valence-corrected chi connectivity index (χ2v) is 21.7. The van der Waals surface area contributed by atoms with E-state index in [-0.39, 0.29) is 50.7 Å². The molecule has 3 fully saturated rings. The zero-order valence-electron chi connectivity index (χ0n) is 47.4. The maximum atomic E-state index is 12.6. The summed E-state index contributed by atoms with van der Waals surface area (Å²) in [6, 6.07) is 16.3. The lowest BCUT2D eigenvalue weighted by molar-refractivity contribution is -0.124. The number of amidine groups is 1. The molecule has 2 aliphatic carbocycles. The van der Waals surface area contributed by atoms with Crippen molar-refractivity contribution in [1.82, 2.24) is 16.0 Å². The minimum atomic E-state index is -3.16. The van der Waals surface area contributed by atoms with Gasteiger partial charge in [-0.15, -0.1) is 0 Å². The number of amides is 6. The summed E-state index contributed by atoms with van der Waals surface area (Å²) >= 11 is 1.10. The Morgan fingerprint density at radius 1 is 0.793 bits per heavy atom. The first-order valence-corrected chi connectivity index (χ1v) is 28.4. The number of nitrogens with one attached hydrogen (secondary N) is 4. The molecule has 6 amide bonds. The van der Waals surface area contributed by atoms with E-state index in [9.17, 15) is 46.6 Å². The number of ether oxygens (including phenoxy) is 3. The molecule has 0 aromatic heterocycles. The van der Waals surface area contributed by atoms with Crippen LogP contribution in [0.4, 0.5) is 28.0 Å². The average Bonchev–Trinajstić information content (AvgIpc) is 4.21. The van der Waals surface area contributed by atoms with Crippen LogP contribution in [0.3, 0.4) is 0 Å². The Bertz CT molecular complexity index is 2920. The molecule has 5 N–H and O–H groups in total. The fourth-order valence-electron chi connectivity index (χ4n) is 9.13. The van der Waals surface area contributed by atoms with E-state index in [1.165, 1.54) is 98.8 Å². The molecule has 0 spiro atoms. The number of aliphatic imine (C=N–C) groups is 1. The van der Waals surface area contributed by atoms with Crippen molar-refractivity contribution in [1.29, 1.82) is 0 Å². The van der Waals surface area contributed by atoms with Gasteiger partial charge >= 0.3 is 19.3 Å². The predicted octanol–water partition coefficient (Wildman–Crippen LogP) is 14.8. The number of thioether (sulfide) groups is 1. The van der Waals surface area contributed by atoms with E-state index >= 15 is 0 Å². The standard InChI is InChI=1S/C26H33NO2.C20H26N2O4.C17H16F4N2O3S/c1-19(11-16-24-21(3)10-7-17-26(24,4)5)8-6-9-20(2)18-25(29)27-22-12-14-23(28)15-13-22;1-2-3-4-5-6-7-8-13-26-16-11-9-15(10-12-16)14-17-18(23)21-20(25)22-19(17)24;18-15(19)25-11-6-5-9(12(8-11)26-16(20)21)7-13-14(24)23-17(27-13)22-10-3-1-2-4-10/h6,8-9,11-16,18,28H,7,10,17H2,1-5H3,(H,27,29);9-12,14H,2-8,13H2,1H3,(H2,21,22,23,24,25);5-8,10,15-16H,1-4H2,(H,22,23,24)/b9-6+,16-11+,19-8+,20-18+;;13-7-. The monoisotopic (exact) mass is 1150 g/mol. The molecule has 14 nitrogen and oxygen atoms in total. The largest absolute Gasteiger partial charge is 0.508 e. The van der Waals surface area contributed by atoms with E-state index in [0.717, 1.165) is 61.3 Å². The first-order chi connectivity index (χ1) is 39.2. The SMILES string of the molecule is CC1=C(/C=C/C(C)=C/C=C/C(C)=C/C(=O)Nc2ccc(O)cc2)C(C)(C)CCC1.CCCCCCCCCOc1ccc(C=C2C(=O)NC(=O)NC2=O)cc1.O=C1NC(=NC2CCCC2)S/C1=C\c1ccc(OC(F)F)cc1OC(F)F. The predicted molar refractivity (Wildman–Crippen MR) is 316 cm³/mol. The fourth-order valence-corrected chi connectivity index (χ4v) is 10.0. The number of carbonyl (C=O) groups is 5. The van der Waals surface area contributed by atoms with Crippen LogP contribution in [-0.2, 0) is 19.2 Å². The van der Waals surface area contributed by atoms with Crippen molar-refractivity contribution in [2.24, 2.45) is 10.4 Å². The number of hydrogen-bond acceptors (Lipinski definition) is 11. The van der Waals surface area contributed by atoms with E-state index < -0.39 is 37.0 Å². The highest BCUT2D eigenvalue weighted by Gasteiger charge is 2.29. The number of barbiturate groups is 1.